The van der Waals surface area contributed by atoms with E-state index in [9.17, 15) is 0 Å². The fraction of sp³-hybridized carbons (Fsp3) is 0.875. The highest BCUT2D eigenvalue weighted by Gasteiger charge is 2.42. The molecule has 0 aromatic carbocycles. The number of nitrogens with one attached hydrogen (secondary N) is 1. The predicted octanol–water partition coefficient (Wildman–Crippen LogP) is 2.78. The van der Waals surface area contributed by atoms with Gasteiger partial charge in [0.2, 0.25) is 0 Å². The largest absolute Gasteiger partial charge is 0.314 e. The van der Waals surface area contributed by atoms with Gasteiger partial charge in [-0.2, -0.15) is 0 Å². The van der Waals surface area contributed by atoms with Gasteiger partial charge < -0.3 is 5.32 Å². The van der Waals surface area contributed by atoms with Crippen LogP contribution in [0.4, 0.5) is 0 Å². The van der Waals surface area contributed by atoms with Crippen LogP contribution in [0.25, 0.3) is 0 Å². The summed E-state index contributed by atoms with van der Waals surface area (Å²) in [6.07, 6.45) is 14.7. The molecule has 1 N–H and O–H groups in total. The summed E-state index contributed by atoms with van der Waals surface area (Å²) in [4.78, 5) is 2.67. The maximum absolute atomic E-state index is 5.75. The van der Waals surface area contributed by atoms with E-state index in [0.717, 1.165) is 31.1 Å². The molecule has 3 atom stereocenters. The minimum atomic E-state index is 0.389. The first kappa shape index (κ1) is 13.9. The monoisotopic (exact) mass is 248 g/mol. The zero-order valence-corrected chi connectivity index (χ0v) is 12.0. The smallest absolute Gasteiger partial charge is 0.0716 e. The van der Waals surface area contributed by atoms with Crippen molar-refractivity contribution in [3.8, 4) is 12.3 Å². The van der Waals surface area contributed by atoms with Crippen LogP contribution < -0.4 is 5.32 Å². The summed E-state index contributed by atoms with van der Waals surface area (Å²) in [6.45, 7) is 5.64. The van der Waals surface area contributed by atoms with Crippen LogP contribution in [0.2, 0.25) is 0 Å². The van der Waals surface area contributed by atoms with Crippen molar-refractivity contribution in [2.24, 2.45) is 0 Å². The summed E-state index contributed by atoms with van der Waals surface area (Å²) in [7, 11) is 0. The second-order valence-corrected chi connectivity index (χ2v) is 5.93. The zero-order chi connectivity index (χ0) is 13.0. The van der Waals surface area contributed by atoms with Gasteiger partial charge in [-0.3, -0.25) is 4.90 Å². The molecule has 2 aliphatic heterocycles. The lowest BCUT2D eigenvalue weighted by atomic mass is 9.94. The number of fused-ring (bicyclic) bond motifs is 2. The fourth-order valence-electron chi connectivity index (χ4n) is 3.83. The summed E-state index contributed by atoms with van der Waals surface area (Å²) in [5.41, 5.74) is 0. The molecule has 2 heterocycles. The third kappa shape index (κ3) is 2.90. The second kappa shape index (κ2) is 6.59. The molecule has 2 saturated heterocycles. The molecule has 0 radical (unpaired) electrons. The molecule has 2 fully saturated rings. The van der Waals surface area contributed by atoms with E-state index in [1.165, 1.54) is 38.5 Å². The number of rotatable bonds is 6. The molecule has 0 aromatic rings. The molecule has 2 bridgehead atoms. The molecule has 18 heavy (non-hydrogen) atoms. The van der Waals surface area contributed by atoms with Gasteiger partial charge in [0.15, 0.2) is 0 Å². The van der Waals surface area contributed by atoms with E-state index in [1.54, 1.807) is 0 Å². The van der Waals surface area contributed by atoms with Crippen molar-refractivity contribution in [3.63, 3.8) is 0 Å². The van der Waals surface area contributed by atoms with Gasteiger partial charge in [0, 0.05) is 18.1 Å². The molecular weight excluding hydrogens is 220 g/mol. The summed E-state index contributed by atoms with van der Waals surface area (Å²) < 4.78 is 0. The van der Waals surface area contributed by atoms with Crippen molar-refractivity contribution >= 4 is 0 Å². The molecule has 0 amide bonds. The lowest BCUT2D eigenvalue weighted by Crippen LogP contribution is -2.52. The van der Waals surface area contributed by atoms with Gasteiger partial charge in [-0.1, -0.05) is 26.2 Å². The minimum Gasteiger partial charge on any atom is -0.314 e. The number of piperidine rings is 1. The van der Waals surface area contributed by atoms with Crippen molar-refractivity contribution in [2.75, 3.05) is 6.54 Å². The number of hydrogen-bond donors (Lipinski definition) is 1. The van der Waals surface area contributed by atoms with Crippen molar-refractivity contribution in [1.82, 2.24) is 10.2 Å². The standard InChI is InChI=1S/C16H28N2/c1-4-7-14(6-3)18-15-8-9-16(18)12-13(11-15)17-10-5-2/h3,13-17H,4-5,7-12H2,1-2H3. The Hall–Kier alpha value is -0.520. The van der Waals surface area contributed by atoms with Gasteiger partial charge in [-0.25, -0.2) is 0 Å². The van der Waals surface area contributed by atoms with Crippen LogP contribution in [0.1, 0.15) is 58.8 Å². The van der Waals surface area contributed by atoms with Crippen molar-refractivity contribution in [1.29, 1.82) is 0 Å². The second-order valence-electron chi connectivity index (χ2n) is 5.93. The Balaban J connectivity index is 1.95. The summed E-state index contributed by atoms with van der Waals surface area (Å²) in [5.74, 6) is 3.04. The van der Waals surface area contributed by atoms with Gasteiger partial charge in [-0.05, 0) is 45.1 Å². The lowest BCUT2D eigenvalue weighted by Gasteiger charge is -2.42. The highest BCUT2D eigenvalue weighted by molar-refractivity contribution is 5.08. The van der Waals surface area contributed by atoms with Gasteiger partial charge in [-0.15, -0.1) is 6.42 Å². The van der Waals surface area contributed by atoms with Crippen LogP contribution in [0, 0.1) is 12.3 Å². The normalized spacial score (nSPS) is 33.3. The SMILES string of the molecule is C#CC(CCC)N1C2CCC1CC(NCCC)C2. The van der Waals surface area contributed by atoms with E-state index in [1.807, 2.05) is 0 Å². The summed E-state index contributed by atoms with van der Waals surface area (Å²) in [5, 5.41) is 3.70. The van der Waals surface area contributed by atoms with Crippen LogP contribution in [-0.4, -0.2) is 35.6 Å². The molecule has 3 unspecified atom stereocenters. The maximum atomic E-state index is 5.75. The quantitative estimate of drug-likeness (QED) is 0.727. The van der Waals surface area contributed by atoms with Crippen molar-refractivity contribution in [2.45, 2.75) is 83.0 Å². The molecule has 2 aliphatic rings. The molecule has 0 aromatic heterocycles. The van der Waals surface area contributed by atoms with Crippen LogP contribution in [0.5, 0.6) is 0 Å². The number of terminal acetylenes is 1. The van der Waals surface area contributed by atoms with Gasteiger partial charge in [0.25, 0.3) is 0 Å². The van der Waals surface area contributed by atoms with E-state index in [-0.39, 0.29) is 0 Å². The Bertz CT molecular complexity index is 280. The average molecular weight is 248 g/mol. The number of hydrogen-bond acceptors (Lipinski definition) is 2. The molecule has 0 saturated carbocycles. The van der Waals surface area contributed by atoms with Crippen molar-refractivity contribution < 1.29 is 0 Å². The third-order valence-corrected chi connectivity index (χ3v) is 4.59. The fourth-order valence-corrected chi connectivity index (χ4v) is 3.83. The Labute approximate surface area is 113 Å². The number of nitrogens with zero attached hydrogens (tertiary/aromatic N) is 1. The topological polar surface area (TPSA) is 15.3 Å². The van der Waals surface area contributed by atoms with E-state index in [2.05, 4.69) is 30.0 Å². The predicted molar refractivity (Wildman–Crippen MR) is 77.5 cm³/mol. The van der Waals surface area contributed by atoms with Gasteiger partial charge in [0.1, 0.15) is 0 Å². The summed E-state index contributed by atoms with van der Waals surface area (Å²) >= 11 is 0. The first-order valence-corrected chi connectivity index (χ1v) is 7.77. The highest BCUT2D eigenvalue weighted by atomic mass is 15.3. The molecule has 2 nitrogen and oxygen atoms in total. The zero-order valence-electron chi connectivity index (χ0n) is 12.0. The Kier molecular flexibility index (Phi) is 5.09. The average Bonchev–Trinajstić information content (AvgIpc) is 2.64. The summed E-state index contributed by atoms with van der Waals surface area (Å²) in [6, 6.07) is 2.61. The third-order valence-electron chi connectivity index (χ3n) is 4.59. The molecule has 2 heteroatoms. The van der Waals surface area contributed by atoms with E-state index in [0.29, 0.717) is 6.04 Å². The van der Waals surface area contributed by atoms with E-state index >= 15 is 0 Å². The molecular formula is C16H28N2. The molecule has 2 rings (SSSR count). The minimum absolute atomic E-state index is 0.389. The van der Waals surface area contributed by atoms with Gasteiger partial charge >= 0.3 is 0 Å². The van der Waals surface area contributed by atoms with Crippen LogP contribution >= 0.6 is 0 Å². The highest BCUT2D eigenvalue weighted by Crippen LogP contribution is 2.37. The van der Waals surface area contributed by atoms with Crippen LogP contribution in [0.3, 0.4) is 0 Å². The molecule has 0 spiro atoms. The van der Waals surface area contributed by atoms with Crippen LogP contribution in [0.15, 0.2) is 0 Å². The maximum Gasteiger partial charge on any atom is 0.0716 e. The van der Waals surface area contributed by atoms with Gasteiger partial charge in [0.05, 0.1) is 6.04 Å². The first-order valence-electron chi connectivity index (χ1n) is 7.77. The van der Waals surface area contributed by atoms with Crippen LogP contribution in [-0.2, 0) is 0 Å². The molecule has 0 aliphatic carbocycles. The van der Waals surface area contributed by atoms with Crippen molar-refractivity contribution in [3.05, 3.63) is 0 Å². The van der Waals surface area contributed by atoms with E-state index < -0.39 is 0 Å². The Morgan fingerprint density at radius 3 is 2.39 bits per heavy atom. The first-order chi connectivity index (χ1) is 8.80. The van der Waals surface area contributed by atoms with E-state index in [4.69, 9.17) is 6.42 Å². The Morgan fingerprint density at radius 2 is 1.89 bits per heavy atom. The molecule has 102 valence electrons. The Morgan fingerprint density at radius 1 is 1.22 bits per heavy atom. The lowest BCUT2D eigenvalue weighted by molar-refractivity contribution is 0.0890.